The van der Waals surface area contributed by atoms with E-state index in [1.807, 2.05) is 67.5 Å². The average molecular weight is 850 g/mol. The number of rotatable bonds is 16. The van der Waals surface area contributed by atoms with Gasteiger partial charge in [0.25, 0.3) is 0 Å². The fraction of sp³-hybridized carbons (Fsp3) is 0.413. The molecule has 3 aromatic rings. The Morgan fingerprint density at radius 1 is 0.763 bits per heavy atom. The Morgan fingerprint density at radius 2 is 1.39 bits per heavy atom. The number of hydrogen-bond donors (Lipinski definition) is 0. The summed E-state index contributed by atoms with van der Waals surface area (Å²) in [7, 11) is -4.56. The van der Waals surface area contributed by atoms with E-state index in [-0.39, 0.29) is 51.9 Å². The molecule has 0 spiro atoms. The molecule has 2 aliphatic heterocycles. The number of unbranched alkanes of at least 4 members (excludes halogenated alkanes) is 2. The van der Waals surface area contributed by atoms with Gasteiger partial charge in [0.1, 0.15) is 18.1 Å². The van der Waals surface area contributed by atoms with Crippen LogP contribution in [0.1, 0.15) is 83.8 Å². The van der Waals surface area contributed by atoms with Crippen molar-refractivity contribution < 1.29 is 64.8 Å². The number of anilines is 2. The first-order valence-electron chi connectivity index (χ1n) is 20.1. The van der Waals surface area contributed by atoms with Gasteiger partial charge in [-0.1, -0.05) is 56.3 Å². The molecule has 0 aromatic heterocycles. The van der Waals surface area contributed by atoms with Crippen LogP contribution in [0.4, 0.5) is 17.1 Å². The molecule has 0 atom stereocenters. The molecule has 0 bridgehead atoms. The molecule has 310 valence electrons. The van der Waals surface area contributed by atoms with Crippen LogP contribution < -0.4 is 44.1 Å². The van der Waals surface area contributed by atoms with E-state index in [2.05, 4.69) is 85.7 Å². The molecule has 0 saturated heterocycles. The first-order chi connectivity index (χ1) is 27.4. The maximum atomic E-state index is 11.4. The Morgan fingerprint density at radius 3 is 2.05 bits per heavy atom. The maximum absolute atomic E-state index is 11.4. The predicted molar refractivity (Wildman–Crippen MR) is 231 cm³/mol. The molecule has 0 fully saturated rings. The number of benzene rings is 3. The van der Waals surface area contributed by atoms with Gasteiger partial charge in [0.15, 0.2) is 5.71 Å². The normalized spacial score (nSPS) is 18.7. The summed E-state index contributed by atoms with van der Waals surface area (Å²) in [5.74, 6) is 0.779. The predicted octanol–water partition coefficient (Wildman–Crippen LogP) is 5.46. The number of allylic oxidation sites excluding steroid dienone is 7. The summed E-state index contributed by atoms with van der Waals surface area (Å²) < 4.78 is 77.3. The van der Waals surface area contributed by atoms with Gasteiger partial charge in [0.2, 0.25) is 5.69 Å². The zero-order chi connectivity index (χ0) is 41.9. The largest absolute Gasteiger partial charge is 1.00 e. The van der Waals surface area contributed by atoms with E-state index in [1.54, 1.807) is 0 Å². The van der Waals surface area contributed by atoms with E-state index < -0.39 is 20.2 Å². The van der Waals surface area contributed by atoms with Crippen LogP contribution in [0, 0.1) is 0 Å². The van der Waals surface area contributed by atoms with Gasteiger partial charge in [-0.05, 0) is 112 Å². The standard InChI is InChI=1S/C46H57N3O7S2.Na/c1-45(2)38-18-7-9-20-40(38)48(30-11-13-32-57(50,51)52)42(45)28-22-34-16-15-17-35(44(34)56-37-26-24-36(25-27-37)47(5)6)23-29-43-46(3,4)39-19-8-10-21-41(39)49(43)31-12-14-33-58(53,54)55;/h7-10,18-29H,11-17,30-33H2,1-6H3,(H-,50,51,52,53,54,55);/q;+1/p-1. The van der Waals surface area contributed by atoms with Gasteiger partial charge in [-0.25, -0.2) is 16.8 Å². The molecule has 0 unspecified atom stereocenters. The maximum Gasteiger partial charge on any atom is 1.00 e. The van der Waals surface area contributed by atoms with E-state index in [1.165, 1.54) is 11.1 Å². The molecular weight excluding hydrogens is 794 g/mol. The minimum absolute atomic E-state index is 0. The van der Waals surface area contributed by atoms with Gasteiger partial charge in [0.05, 0.1) is 25.7 Å². The molecular formula is C46H56N3NaO7S2. The minimum atomic E-state index is -4.28. The third-order valence-electron chi connectivity index (χ3n) is 11.6. The zero-order valence-corrected chi connectivity index (χ0v) is 39.2. The second kappa shape index (κ2) is 19.1. The third kappa shape index (κ3) is 11.1. The van der Waals surface area contributed by atoms with Crippen molar-refractivity contribution in [2.24, 2.45) is 0 Å². The van der Waals surface area contributed by atoms with Crippen LogP contribution in [0.3, 0.4) is 0 Å². The molecule has 59 heavy (non-hydrogen) atoms. The van der Waals surface area contributed by atoms with Crippen molar-refractivity contribution in [1.29, 1.82) is 0 Å². The van der Waals surface area contributed by atoms with Gasteiger partial charge >= 0.3 is 29.6 Å². The van der Waals surface area contributed by atoms with Crippen LogP contribution in [0.2, 0.25) is 0 Å². The van der Waals surface area contributed by atoms with Crippen molar-refractivity contribution in [2.75, 3.05) is 48.5 Å². The van der Waals surface area contributed by atoms with Crippen molar-refractivity contribution in [2.45, 2.75) is 83.5 Å². The molecule has 0 saturated carbocycles. The molecule has 10 nitrogen and oxygen atoms in total. The van der Waals surface area contributed by atoms with Crippen molar-refractivity contribution in [3.05, 3.63) is 131 Å². The molecule has 3 aromatic carbocycles. The van der Waals surface area contributed by atoms with Gasteiger partial charge < -0.3 is 23.6 Å². The van der Waals surface area contributed by atoms with E-state index in [9.17, 15) is 25.9 Å². The van der Waals surface area contributed by atoms with Crippen molar-refractivity contribution >= 4 is 43.0 Å². The first-order valence-corrected chi connectivity index (χ1v) is 23.3. The van der Waals surface area contributed by atoms with Gasteiger partial charge in [0, 0.05) is 78.8 Å². The Kier molecular flexibility index (Phi) is 15.0. The quantitative estimate of drug-likeness (QED) is 0.0798. The topological polar surface area (TPSA) is 133 Å². The van der Waals surface area contributed by atoms with Gasteiger partial charge in [-0.15, -0.1) is 0 Å². The number of fused-ring (bicyclic) bond motifs is 2. The van der Waals surface area contributed by atoms with Crippen LogP contribution >= 0.6 is 0 Å². The fourth-order valence-corrected chi connectivity index (χ4v) is 9.62. The SMILES string of the molecule is CN(C)c1ccc(OC2=C(/C=C/C3=[N+](CCCCS(=O)(=O)[O-])c4ccccc4C3(C)C)CCC/C2=C\C=C2\N(CCCCS(=O)(=O)[O-])c3ccccc3C2(C)C)cc1.[Na+]. The average Bonchev–Trinajstić information content (AvgIpc) is 3.51. The molecule has 13 heteroatoms. The molecule has 1 aliphatic carbocycles. The van der Waals surface area contributed by atoms with Crippen LogP contribution in [0.15, 0.2) is 120 Å². The smallest absolute Gasteiger partial charge is 0.748 e. The molecule has 0 radical (unpaired) electrons. The summed E-state index contributed by atoms with van der Waals surface area (Å²) in [6.07, 6.45) is 12.9. The van der Waals surface area contributed by atoms with E-state index >= 15 is 0 Å². The number of ether oxygens (including phenoxy) is 1. The fourth-order valence-electron chi connectivity index (χ4n) is 8.50. The summed E-state index contributed by atoms with van der Waals surface area (Å²) >= 11 is 0. The zero-order valence-electron chi connectivity index (χ0n) is 35.5. The van der Waals surface area contributed by atoms with Crippen molar-refractivity contribution in [1.82, 2.24) is 0 Å². The molecule has 0 N–H and O–H groups in total. The van der Waals surface area contributed by atoms with Gasteiger partial charge in [-0.2, -0.15) is 4.58 Å². The van der Waals surface area contributed by atoms with Gasteiger partial charge in [-0.3, -0.25) is 0 Å². The van der Waals surface area contributed by atoms with Crippen molar-refractivity contribution in [3.63, 3.8) is 0 Å². The Hall–Kier alpha value is -3.49. The second-order valence-corrected chi connectivity index (χ2v) is 19.7. The Labute approximate surface area is 373 Å². The molecule has 6 rings (SSSR count). The third-order valence-corrected chi connectivity index (χ3v) is 13.2. The summed E-state index contributed by atoms with van der Waals surface area (Å²) in [5.41, 5.74) is 9.25. The summed E-state index contributed by atoms with van der Waals surface area (Å²) in [4.78, 5) is 4.31. The monoisotopic (exact) mass is 849 g/mol. The van der Waals surface area contributed by atoms with E-state index in [4.69, 9.17) is 4.74 Å². The Bertz CT molecular complexity index is 2400. The summed E-state index contributed by atoms with van der Waals surface area (Å²) in [6, 6.07) is 24.7. The van der Waals surface area contributed by atoms with Crippen LogP contribution in [-0.2, 0) is 31.1 Å². The van der Waals surface area contributed by atoms with Crippen LogP contribution in [0.25, 0.3) is 0 Å². The molecule has 2 heterocycles. The van der Waals surface area contributed by atoms with Crippen LogP contribution in [0.5, 0.6) is 5.75 Å². The van der Waals surface area contributed by atoms with E-state index in [0.29, 0.717) is 38.8 Å². The first kappa shape index (κ1) is 46.6. The summed E-state index contributed by atoms with van der Waals surface area (Å²) in [6.45, 7) is 9.98. The molecule has 0 amide bonds. The molecule has 3 aliphatic rings. The van der Waals surface area contributed by atoms with Crippen molar-refractivity contribution in [3.8, 4) is 5.75 Å². The number of para-hydroxylation sites is 2. The van der Waals surface area contributed by atoms with Crippen LogP contribution in [-0.4, -0.2) is 74.9 Å². The Balaban J connectivity index is 0.00000661. The number of hydrogen-bond acceptors (Lipinski definition) is 9. The second-order valence-electron chi connectivity index (χ2n) is 16.7. The van der Waals surface area contributed by atoms with E-state index in [0.717, 1.165) is 70.4 Å². The summed E-state index contributed by atoms with van der Waals surface area (Å²) in [5, 5.41) is 0. The minimum Gasteiger partial charge on any atom is -0.748 e. The number of nitrogens with zero attached hydrogens (tertiary/aromatic N) is 3.